The Bertz CT molecular complexity index is 1380. The molecule has 2 aromatic heterocycles. The molecular weight excluding hydrogens is 448 g/mol. The van der Waals surface area contributed by atoms with E-state index in [1.807, 2.05) is 38.1 Å². The Balaban J connectivity index is 1.69. The molecule has 3 N–H and O–H groups in total. The van der Waals surface area contributed by atoms with Crippen molar-refractivity contribution in [2.24, 2.45) is 0 Å². The van der Waals surface area contributed by atoms with E-state index in [0.717, 1.165) is 11.3 Å². The number of halogens is 1. The summed E-state index contributed by atoms with van der Waals surface area (Å²) in [6, 6.07) is 12.7. The number of rotatable bonds is 6. The number of ether oxygens (including phenoxy) is 1. The molecular formula is C22H21ClN6O2S. The third kappa shape index (κ3) is 4.21. The number of aryl methyl sites for hydroxylation is 1. The van der Waals surface area contributed by atoms with Gasteiger partial charge < -0.3 is 10.1 Å². The van der Waals surface area contributed by atoms with Gasteiger partial charge in [-0.05, 0) is 43.7 Å². The number of hydrogen-bond acceptors (Lipinski definition) is 6. The smallest absolute Gasteiger partial charge is 0.234 e. The standard InChI is InChI=1S/C22H21ClN6O2S/c1-12-16(23)8-5-9-17(12)25-18(30)11-32-22-26-21-19(13(2)27-28-21)20(24)29(22)14-6-4-7-15(10-14)31-3/h4-10,24H,11H2,1-3H3,(H,25,30)(H,27,28). The largest absolute Gasteiger partial charge is 0.497 e. The number of fused-ring (bicyclic) bond motifs is 1. The fourth-order valence-corrected chi connectivity index (χ4v) is 4.26. The number of hydrogen-bond donors (Lipinski definition) is 3. The van der Waals surface area contributed by atoms with Gasteiger partial charge in [-0.25, -0.2) is 4.98 Å². The van der Waals surface area contributed by atoms with Gasteiger partial charge in [0.05, 0.1) is 23.9 Å². The number of methoxy groups -OCH3 is 1. The predicted octanol–water partition coefficient (Wildman–Crippen LogP) is 4.24. The number of carbonyl (C=O) groups is 1. The van der Waals surface area contributed by atoms with Crippen LogP contribution in [0.2, 0.25) is 5.02 Å². The highest BCUT2D eigenvalue weighted by molar-refractivity contribution is 7.99. The van der Waals surface area contributed by atoms with Crippen molar-refractivity contribution in [1.82, 2.24) is 19.7 Å². The van der Waals surface area contributed by atoms with Crippen molar-refractivity contribution in [2.45, 2.75) is 19.0 Å². The number of H-pyrrole nitrogens is 1. The number of nitrogens with one attached hydrogen (secondary N) is 3. The first kappa shape index (κ1) is 21.9. The fourth-order valence-electron chi connectivity index (χ4n) is 3.27. The molecule has 8 nitrogen and oxygen atoms in total. The molecule has 0 unspecified atom stereocenters. The molecule has 4 rings (SSSR count). The van der Waals surface area contributed by atoms with Crippen LogP contribution in [0.1, 0.15) is 11.3 Å². The Kier molecular flexibility index (Phi) is 6.20. The molecule has 4 aromatic rings. The van der Waals surface area contributed by atoms with E-state index in [9.17, 15) is 4.79 Å². The van der Waals surface area contributed by atoms with E-state index in [-0.39, 0.29) is 17.1 Å². The number of benzene rings is 2. The van der Waals surface area contributed by atoms with Crippen LogP contribution in [-0.4, -0.2) is 38.5 Å². The van der Waals surface area contributed by atoms with E-state index in [0.29, 0.717) is 38.3 Å². The zero-order valence-corrected chi connectivity index (χ0v) is 19.3. The first-order valence-corrected chi connectivity index (χ1v) is 11.1. The van der Waals surface area contributed by atoms with Gasteiger partial charge in [0.1, 0.15) is 11.2 Å². The maximum Gasteiger partial charge on any atom is 0.234 e. The Morgan fingerprint density at radius 2 is 2.06 bits per heavy atom. The lowest BCUT2D eigenvalue weighted by Crippen LogP contribution is -2.23. The van der Waals surface area contributed by atoms with Crippen LogP contribution in [0.15, 0.2) is 47.6 Å². The molecule has 10 heteroatoms. The highest BCUT2D eigenvalue weighted by Gasteiger charge is 2.17. The van der Waals surface area contributed by atoms with Gasteiger partial charge in [0.2, 0.25) is 5.91 Å². The molecule has 0 spiro atoms. The summed E-state index contributed by atoms with van der Waals surface area (Å²) in [6.45, 7) is 3.70. The third-order valence-electron chi connectivity index (χ3n) is 4.97. The first-order chi connectivity index (χ1) is 15.4. The maximum absolute atomic E-state index is 12.6. The monoisotopic (exact) mass is 468 g/mol. The quantitative estimate of drug-likeness (QED) is 0.290. The zero-order chi connectivity index (χ0) is 22.8. The van der Waals surface area contributed by atoms with Crippen LogP contribution in [0.4, 0.5) is 5.69 Å². The average Bonchev–Trinajstić information content (AvgIpc) is 3.16. The number of aromatic amines is 1. The second-order valence-electron chi connectivity index (χ2n) is 7.08. The summed E-state index contributed by atoms with van der Waals surface area (Å²) in [7, 11) is 1.59. The molecule has 2 heterocycles. The molecule has 0 aliphatic carbocycles. The van der Waals surface area contributed by atoms with E-state index in [1.165, 1.54) is 11.8 Å². The third-order valence-corrected chi connectivity index (χ3v) is 6.32. The van der Waals surface area contributed by atoms with E-state index >= 15 is 0 Å². The summed E-state index contributed by atoms with van der Waals surface area (Å²) in [5.74, 6) is 0.546. The van der Waals surface area contributed by atoms with Gasteiger partial charge in [0.15, 0.2) is 10.8 Å². The fraction of sp³-hybridized carbons (Fsp3) is 0.182. The Morgan fingerprint density at radius 1 is 1.28 bits per heavy atom. The molecule has 1 amide bonds. The molecule has 164 valence electrons. The number of amides is 1. The van der Waals surface area contributed by atoms with Crippen molar-refractivity contribution < 1.29 is 9.53 Å². The summed E-state index contributed by atoms with van der Waals surface area (Å²) < 4.78 is 7.03. The number of thioether (sulfide) groups is 1. The molecule has 32 heavy (non-hydrogen) atoms. The van der Waals surface area contributed by atoms with Gasteiger partial charge in [0.25, 0.3) is 0 Å². The molecule has 0 atom stereocenters. The SMILES string of the molecule is COc1cccc(-n2c(SCC(=O)Nc3cccc(Cl)c3C)nc3n[nH]c(C)c3c2=N)c1. The topological polar surface area (TPSA) is 109 Å². The second-order valence-corrected chi connectivity index (χ2v) is 8.43. The van der Waals surface area contributed by atoms with Crippen molar-refractivity contribution >= 4 is 46.0 Å². The molecule has 0 fully saturated rings. The molecule has 0 aliphatic rings. The predicted molar refractivity (Wildman–Crippen MR) is 126 cm³/mol. The summed E-state index contributed by atoms with van der Waals surface area (Å²) in [5, 5.41) is 20.5. The highest BCUT2D eigenvalue weighted by Crippen LogP contribution is 2.26. The molecule has 0 saturated heterocycles. The molecule has 2 aromatic carbocycles. The van der Waals surface area contributed by atoms with Crippen LogP contribution in [0.3, 0.4) is 0 Å². The highest BCUT2D eigenvalue weighted by atomic mass is 35.5. The second kappa shape index (κ2) is 9.05. The van der Waals surface area contributed by atoms with Crippen LogP contribution in [-0.2, 0) is 4.79 Å². The van der Waals surface area contributed by atoms with Gasteiger partial charge in [-0.1, -0.05) is 35.5 Å². The number of aromatic nitrogens is 4. The minimum absolute atomic E-state index is 0.0945. The van der Waals surface area contributed by atoms with Crippen molar-refractivity contribution in [3.05, 3.63) is 64.2 Å². The lowest BCUT2D eigenvalue weighted by molar-refractivity contribution is -0.113. The zero-order valence-electron chi connectivity index (χ0n) is 17.7. The molecule has 0 bridgehead atoms. The van der Waals surface area contributed by atoms with Crippen LogP contribution in [0.5, 0.6) is 5.75 Å². The van der Waals surface area contributed by atoms with Crippen LogP contribution in [0, 0.1) is 19.3 Å². The van der Waals surface area contributed by atoms with Gasteiger partial charge in [-0.2, -0.15) is 5.10 Å². The van der Waals surface area contributed by atoms with Crippen LogP contribution in [0.25, 0.3) is 16.7 Å². The lowest BCUT2D eigenvalue weighted by atomic mass is 10.2. The van der Waals surface area contributed by atoms with Crippen molar-refractivity contribution in [3.63, 3.8) is 0 Å². The average molecular weight is 469 g/mol. The maximum atomic E-state index is 12.6. The summed E-state index contributed by atoms with van der Waals surface area (Å²) in [6.07, 6.45) is 0. The Hall–Kier alpha value is -3.30. The number of anilines is 1. The van der Waals surface area contributed by atoms with Crippen LogP contribution < -0.4 is 15.5 Å². The van der Waals surface area contributed by atoms with Gasteiger partial charge in [-0.15, -0.1) is 0 Å². The normalized spacial score (nSPS) is 11.0. The number of nitrogens with zero attached hydrogens (tertiary/aromatic N) is 3. The van der Waals surface area contributed by atoms with E-state index < -0.39 is 0 Å². The minimum atomic E-state index is -0.204. The van der Waals surface area contributed by atoms with Gasteiger partial charge in [0, 0.05) is 22.5 Å². The summed E-state index contributed by atoms with van der Waals surface area (Å²) in [4.78, 5) is 17.3. The Morgan fingerprint density at radius 3 is 2.84 bits per heavy atom. The van der Waals surface area contributed by atoms with E-state index in [1.54, 1.807) is 29.9 Å². The minimum Gasteiger partial charge on any atom is -0.497 e. The Labute approximate surface area is 193 Å². The molecule has 0 saturated carbocycles. The van der Waals surface area contributed by atoms with Crippen molar-refractivity contribution in [1.29, 1.82) is 5.41 Å². The summed E-state index contributed by atoms with van der Waals surface area (Å²) in [5.41, 5.74) is 3.58. The number of carbonyl (C=O) groups excluding carboxylic acids is 1. The molecule has 0 aliphatic heterocycles. The lowest BCUT2D eigenvalue weighted by Gasteiger charge is -2.14. The first-order valence-electron chi connectivity index (χ1n) is 9.73. The van der Waals surface area contributed by atoms with E-state index in [4.69, 9.17) is 21.7 Å². The van der Waals surface area contributed by atoms with Crippen molar-refractivity contribution in [2.75, 3.05) is 18.2 Å². The van der Waals surface area contributed by atoms with Gasteiger partial charge in [-0.3, -0.25) is 19.9 Å². The molecule has 0 radical (unpaired) electrons. The van der Waals surface area contributed by atoms with Crippen LogP contribution >= 0.6 is 23.4 Å². The summed E-state index contributed by atoms with van der Waals surface area (Å²) >= 11 is 7.37. The van der Waals surface area contributed by atoms with E-state index in [2.05, 4.69) is 20.5 Å². The van der Waals surface area contributed by atoms with Gasteiger partial charge >= 0.3 is 0 Å². The van der Waals surface area contributed by atoms with Crippen molar-refractivity contribution in [3.8, 4) is 11.4 Å².